The number of aliphatic hydroxyl groups excluding tert-OH is 1. The van der Waals surface area contributed by atoms with Gasteiger partial charge in [-0.1, -0.05) is 29.8 Å². The summed E-state index contributed by atoms with van der Waals surface area (Å²) in [5.41, 5.74) is 1.39. The van der Waals surface area contributed by atoms with Crippen LogP contribution < -0.4 is 5.32 Å². The van der Waals surface area contributed by atoms with Crippen molar-refractivity contribution in [2.75, 3.05) is 11.1 Å². The summed E-state index contributed by atoms with van der Waals surface area (Å²) in [6.45, 7) is 1.68. The van der Waals surface area contributed by atoms with Crippen molar-refractivity contribution < 1.29 is 9.90 Å². The molecule has 1 atom stereocenters. The Morgan fingerprint density at radius 1 is 1.23 bits per heavy atom. The zero-order valence-electron chi connectivity index (χ0n) is 12.3. The summed E-state index contributed by atoms with van der Waals surface area (Å²) >= 11 is 7.44. The van der Waals surface area contributed by atoms with Crippen LogP contribution in [0.1, 0.15) is 25.0 Å². The molecule has 2 aromatic rings. The Hall–Kier alpha value is -1.49. The van der Waals surface area contributed by atoms with Crippen molar-refractivity contribution in [3.8, 4) is 0 Å². The summed E-state index contributed by atoms with van der Waals surface area (Å²) in [6, 6.07) is 14.8. The van der Waals surface area contributed by atoms with E-state index in [4.69, 9.17) is 11.6 Å². The summed E-state index contributed by atoms with van der Waals surface area (Å²) in [4.78, 5) is 13.1. The van der Waals surface area contributed by atoms with Gasteiger partial charge in [-0.05, 0) is 37.3 Å². The topological polar surface area (TPSA) is 49.3 Å². The van der Waals surface area contributed by atoms with Crippen LogP contribution in [0.2, 0.25) is 5.02 Å². The molecule has 1 amide bonds. The normalized spacial score (nSPS) is 12.0. The molecule has 0 aliphatic heterocycles. The number of hydrogen-bond donors (Lipinski definition) is 2. The molecule has 3 nitrogen and oxygen atoms in total. The van der Waals surface area contributed by atoms with Gasteiger partial charge in [0, 0.05) is 33.3 Å². The number of aliphatic hydroxyl groups is 1. The number of para-hydroxylation sites is 1. The quantitative estimate of drug-likeness (QED) is 0.763. The third kappa shape index (κ3) is 5.05. The number of carbonyl (C=O) groups is 1. The van der Waals surface area contributed by atoms with E-state index in [9.17, 15) is 9.90 Å². The standard InChI is InChI=1S/C17H18ClNO2S/c1-12(20)15-4-2-3-5-16(15)19-17(21)10-11-22-14-8-6-13(18)7-9-14/h2-9,12,20H,10-11H2,1H3,(H,19,21). The first-order valence-electron chi connectivity index (χ1n) is 7.01. The fourth-order valence-electron chi connectivity index (χ4n) is 1.98. The average molecular weight is 336 g/mol. The molecule has 0 heterocycles. The van der Waals surface area contributed by atoms with Crippen molar-refractivity contribution in [3.05, 3.63) is 59.1 Å². The van der Waals surface area contributed by atoms with Crippen molar-refractivity contribution in [1.82, 2.24) is 0 Å². The maximum Gasteiger partial charge on any atom is 0.225 e. The smallest absolute Gasteiger partial charge is 0.225 e. The van der Waals surface area contributed by atoms with Crippen molar-refractivity contribution in [2.45, 2.75) is 24.3 Å². The third-order valence-electron chi connectivity index (χ3n) is 3.10. The van der Waals surface area contributed by atoms with E-state index in [1.165, 1.54) is 0 Å². The SMILES string of the molecule is CC(O)c1ccccc1NC(=O)CCSc1ccc(Cl)cc1. The first-order chi connectivity index (χ1) is 10.6. The zero-order chi connectivity index (χ0) is 15.9. The Morgan fingerprint density at radius 2 is 1.91 bits per heavy atom. The number of carbonyl (C=O) groups excluding carboxylic acids is 1. The minimum absolute atomic E-state index is 0.0606. The molecule has 0 saturated heterocycles. The van der Waals surface area contributed by atoms with Gasteiger partial charge in [0.2, 0.25) is 5.91 Å². The van der Waals surface area contributed by atoms with Crippen LogP contribution in [-0.4, -0.2) is 16.8 Å². The van der Waals surface area contributed by atoms with E-state index < -0.39 is 6.10 Å². The molecule has 5 heteroatoms. The number of hydrogen-bond acceptors (Lipinski definition) is 3. The first kappa shape index (κ1) is 16.9. The number of benzene rings is 2. The van der Waals surface area contributed by atoms with Gasteiger partial charge in [-0.15, -0.1) is 11.8 Å². The average Bonchev–Trinajstić information content (AvgIpc) is 2.49. The molecule has 0 saturated carbocycles. The summed E-state index contributed by atoms with van der Waals surface area (Å²) in [5.74, 6) is 0.624. The van der Waals surface area contributed by atoms with E-state index in [1.807, 2.05) is 42.5 Å². The minimum atomic E-state index is -0.611. The molecule has 0 bridgehead atoms. The van der Waals surface area contributed by atoms with Gasteiger partial charge in [-0.2, -0.15) is 0 Å². The lowest BCUT2D eigenvalue weighted by Gasteiger charge is -2.12. The van der Waals surface area contributed by atoms with Crippen molar-refractivity contribution in [3.63, 3.8) is 0 Å². The molecule has 116 valence electrons. The second-order valence-electron chi connectivity index (χ2n) is 4.86. The van der Waals surface area contributed by atoms with Gasteiger partial charge in [0.15, 0.2) is 0 Å². The van der Waals surface area contributed by atoms with Gasteiger partial charge < -0.3 is 10.4 Å². The lowest BCUT2D eigenvalue weighted by atomic mass is 10.1. The first-order valence-corrected chi connectivity index (χ1v) is 8.38. The third-order valence-corrected chi connectivity index (χ3v) is 4.36. The number of nitrogens with one attached hydrogen (secondary N) is 1. The summed E-state index contributed by atoms with van der Waals surface area (Å²) in [6.07, 6.45) is -0.207. The number of halogens is 1. The Kier molecular flexibility index (Phi) is 6.31. The Labute approximate surface area is 139 Å². The minimum Gasteiger partial charge on any atom is -0.389 e. The molecule has 0 spiro atoms. The van der Waals surface area contributed by atoms with E-state index in [0.717, 1.165) is 10.5 Å². The predicted octanol–water partition coefficient (Wildman–Crippen LogP) is 4.51. The van der Waals surface area contributed by atoms with Crippen molar-refractivity contribution >= 4 is 35.0 Å². The monoisotopic (exact) mass is 335 g/mol. The molecule has 2 rings (SSSR count). The van der Waals surface area contributed by atoms with Gasteiger partial charge in [-0.3, -0.25) is 4.79 Å². The van der Waals surface area contributed by atoms with E-state index in [0.29, 0.717) is 22.9 Å². The maximum absolute atomic E-state index is 12.0. The highest BCUT2D eigenvalue weighted by atomic mass is 35.5. The van der Waals surface area contributed by atoms with Gasteiger partial charge >= 0.3 is 0 Å². The number of anilines is 1. The second-order valence-corrected chi connectivity index (χ2v) is 6.47. The lowest BCUT2D eigenvalue weighted by molar-refractivity contribution is -0.115. The molecule has 0 aliphatic carbocycles. The maximum atomic E-state index is 12.0. The molecule has 22 heavy (non-hydrogen) atoms. The van der Waals surface area contributed by atoms with Crippen LogP contribution in [0.3, 0.4) is 0 Å². The molecule has 2 aromatic carbocycles. The molecule has 2 N–H and O–H groups in total. The Balaban J connectivity index is 1.84. The number of thioether (sulfide) groups is 1. The van der Waals surface area contributed by atoms with Gasteiger partial charge in [0.25, 0.3) is 0 Å². The number of rotatable bonds is 6. The summed E-state index contributed by atoms with van der Waals surface area (Å²) in [5, 5.41) is 13.3. The van der Waals surface area contributed by atoms with Gasteiger partial charge in [-0.25, -0.2) is 0 Å². The fourth-order valence-corrected chi connectivity index (χ4v) is 2.96. The second kappa shape index (κ2) is 8.22. The molecule has 0 fully saturated rings. The van der Waals surface area contributed by atoms with Crippen molar-refractivity contribution in [1.29, 1.82) is 0 Å². The van der Waals surface area contributed by atoms with Gasteiger partial charge in [0.1, 0.15) is 0 Å². The summed E-state index contributed by atoms with van der Waals surface area (Å²) in [7, 11) is 0. The Bertz CT molecular complexity index is 629. The van der Waals surface area contributed by atoms with Crippen LogP contribution in [0.15, 0.2) is 53.4 Å². The molecule has 0 aliphatic rings. The highest BCUT2D eigenvalue weighted by molar-refractivity contribution is 7.99. The van der Waals surface area contributed by atoms with Crippen LogP contribution >= 0.6 is 23.4 Å². The van der Waals surface area contributed by atoms with Crippen LogP contribution in [0.25, 0.3) is 0 Å². The Morgan fingerprint density at radius 3 is 2.59 bits per heavy atom. The molecule has 0 aromatic heterocycles. The predicted molar refractivity (Wildman–Crippen MR) is 92.5 cm³/mol. The van der Waals surface area contributed by atoms with E-state index in [1.54, 1.807) is 24.8 Å². The van der Waals surface area contributed by atoms with E-state index in [2.05, 4.69) is 5.32 Å². The summed E-state index contributed by atoms with van der Waals surface area (Å²) < 4.78 is 0. The highest BCUT2D eigenvalue weighted by Gasteiger charge is 2.10. The lowest BCUT2D eigenvalue weighted by Crippen LogP contribution is -2.14. The zero-order valence-corrected chi connectivity index (χ0v) is 13.8. The van der Waals surface area contributed by atoms with Crippen LogP contribution in [0.5, 0.6) is 0 Å². The van der Waals surface area contributed by atoms with Crippen LogP contribution in [0.4, 0.5) is 5.69 Å². The largest absolute Gasteiger partial charge is 0.389 e. The van der Waals surface area contributed by atoms with Crippen molar-refractivity contribution in [2.24, 2.45) is 0 Å². The number of amides is 1. The molecule has 0 radical (unpaired) electrons. The fraction of sp³-hybridized carbons (Fsp3) is 0.235. The van der Waals surface area contributed by atoms with Gasteiger partial charge in [0.05, 0.1) is 6.10 Å². The van der Waals surface area contributed by atoms with Crippen LogP contribution in [-0.2, 0) is 4.79 Å². The highest BCUT2D eigenvalue weighted by Crippen LogP contribution is 2.23. The van der Waals surface area contributed by atoms with E-state index in [-0.39, 0.29) is 5.91 Å². The molecular formula is C17H18ClNO2S. The molecular weight excluding hydrogens is 318 g/mol. The van der Waals surface area contributed by atoms with Crippen LogP contribution in [0, 0.1) is 0 Å². The molecule has 1 unspecified atom stereocenters. The van der Waals surface area contributed by atoms with E-state index >= 15 is 0 Å².